The molecule has 0 bridgehead atoms. The normalized spacial score (nSPS) is 39.4. The van der Waals surface area contributed by atoms with Gasteiger partial charge in [-0.3, -0.25) is 9.69 Å². The first-order chi connectivity index (χ1) is 19.3. The van der Waals surface area contributed by atoms with E-state index in [1.165, 1.54) is 4.90 Å². The molecule has 0 amide bonds. The highest BCUT2D eigenvalue weighted by atomic mass is 16.5. The van der Waals surface area contributed by atoms with Gasteiger partial charge < -0.3 is 19.9 Å². The third-order valence-corrected chi connectivity index (χ3v) is 5.37. The minimum Gasteiger partial charge on any atom is -0.493 e. The smallest absolute Gasteiger partial charge is 0.323 e. The molecule has 0 radical (unpaired) electrons. The van der Waals surface area contributed by atoms with Crippen LogP contribution in [0.4, 0.5) is 0 Å². The predicted molar refractivity (Wildman–Crippen MR) is 118 cm³/mol. The number of nitrogens with zero attached hydrogens (tertiary/aromatic N) is 1. The van der Waals surface area contributed by atoms with Gasteiger partial charge in [0.1, 0.15) is 12.1 Å². The standard InChI is InChI=1S/C24H38N2O4/c1-14(2)9-17-13-26-8-7-16-10-21(28-5)22(29-6)11-18(16)19(26)12-20(17)30-24(27)23(25)15(3)4/h10-11,14-15,17,19-20,23H,7-9,12-13,25H2,1-6H3/t17?,19?,20?,23-/m0/s1/i1D3,5D3,9D2,10D,11D,14D,19D,20D/t14?,17?,19?,20?,23-. The van der Waals surface area contributed by atoms with Crippen molar-refractivity contribution in [2.45, 2.75) is 65.0 Å². The summed E-state index contributed by atoms with van der Waals surface area (Å²) in [6.07, 6.45) is -6.48. The molecular weight excluding hydrogens is 380 g/mol. The van der Waals surface area contributed by atoms with Gasteiger partial charge >= 0.3 is 5.97 Å². The van der Waals surface area contributed by atoms with Crippen LogP contribution in [0.2, 0.25) is 0 Å². The van der Waals surface area contributed by atoms with Gasteiger partial charge in [-0.25, -0.2) is 0 Å². The van der Waals surface area contributed by atoms with Gasteiger partial charge in [0.05, 0.1) is 23.7 Å². The summed E-state index contributed by atoms with van der Waals surface area (Å²) in [4.78, 5) is 14.5. The van der Waals surface area contributed by atoms with Gasteiger partial charge in [-0.15, -0.1) is 0 Å². The van der Waals surface area contributed by atoms with E-state index in [0.29, 0.717) is 0 Å². The van der Waals surface area contributed by atoms with E-state index in [9.17, 15) is 7.54 Å². The van der Waals surface area contributed by atoms with Gasteiger partial charge in [0.2, 0.25) is 0 Å². The van der Waals surface area contributed by atoms with Crippen LogP contribution in [0.3, 0.4) is 0 Å². The van der Waals surface area contributed by atoms with Crippen molar-refractivity contribution in [2.24, 2.45) is 23.5 Å². The fourth-order valence-corrected chi connectivity index (χ4v) is 3.67. The number of hydrogen-bond acceptors (Lipinski definition) is 6. The maximum atomic E-state index is 13.1. The quantitative estimate of drug-likeness (QED) is 0.666. The molecule has 2 aliphatic rings. The molecule has 0 aromatic heterocycles. The van der Waals surface area contributed by atoms with Gasteiger partial charge in [-0.1, -0.05) is 27.6 Å². The van der Waals surface area contributed by atoms with Crippen molar-refractivity contribution < 1.29 is 36.8 Å². The van der Waals surface area contributed by atoms with Crippen molar-refractivity contribution in [2.75, 3.05) is 27.2 Å². The second kappa shape index (κ2) is 9.56. The summed E-state index contributed by atoms with van der Waals surface area (Å²) in [6.45, 7) is 0.382. The Balaban J connectivity index is 2.28. The molecule has 4 unspecified atom stereocenters. The van der Waals surface area contributed by atoms with E-state index < -0.39 is 98.7 Å². The number of benzene rings is 1. The number of nitrogens with two attached hydrogens (primary N) is 1. The van der Waals surface area contributed by atoms with Gasteiger partial charge in [-0.2, -0.15) is 0 Å². The number of ether oxygens (including phenoxy) is 3. The van der Waals surface area contributed by atoms with Crippen LogP contribution >= 0.6 is 0 Å². The molecule has 2 N–H and O–H groups in total. The first-order valence-corrected chi connectivity index (χ1v) is 9.90. The largest absolute Gasteiger partial charge is 0.493 e. The highest BCUT2D eigenvalue weighted by Crippen LogP contribution is 2.44. The number of hydrogen-bond donors (Lipinski definition) is 1. The summed E-state index contributed by atoms with van der Waals surface area (Å²) in [6, 6.07) is -4.32. The van der Waals surface area contributed by atoms with E-state index in [2.05, 4.69) is 0 Å². The molecule has 1 fully saturated rings. The number of piperidine rings is 1. The van der Waals surface area contributed by atoms with Crippen molar-refractivity contribution in [3.63, 3.8) is 0 Å². The molecule has 6 heteroatoms. The van der Waals surface area contributed by atoms with Crippen LogP contribution in [-0.2, 0) is 16.0 Å². The van der Waals surface area contributed by atoms with Crippen LogP contribution in [0.25, 0.3) is 0 Å². The molecule has 0 aliphatic carbocycles. The molecule has 3 rings (SSSR count). The van der Waals surface area contributed by atoms with E-state index in [4.69, 9.17) is 35.0 Å². The Labute approximate surface area is 199 Å². The van der Waals surface area contributed by atoms with Crippen molar-refractivity contribution in [1.82, 2.24) is 4.90 Å². The lowest BCUT2D eigenvalue weighted by Crippen LogP contribution is -2.51. The monoisotopic (exact) mass is 431 g/mol. The average molecular weight is 432 g/mol. The van der Waals surface area contributed by atoms with Crippen molar-refractivity contribution in [3.05, 3.63) is 23.2 Å². The molecule has 1 saturated heterocycles. The molecule has 2 heterocycles. The van der Waals surface area contributed by atoms with Crippen molar-refractivity contribution in [1.29, 1.82) is 0 Å². The summed E-state index contributed by atoms with van der Waals surface area (Å²) < 4.78 is 125. The van der Waals surface area contributed by atoms with Crippen molar-refractivity contribution >= 4 is 5.97 Å². The van der Waals surface area contributed by atoms with Gasteiger partial charge in [0.15, 0.2) is 11.5 Å². The predicted octanol–water partition coefficient (Wildman–Crippen LogP) is 3.56. The molecule has 1 aromatic rings. The lowest BCUT2D eigenvalue weighted by atomic mass is 9.79. The Morgan fingerprint density at radius 2 is 2.20 bits per heavy atom. The first-order valence-electron chi connectivity index (χ1n) is 16.4. The van der Waals surface area contributed by atoms with Gasteiger partial charge in [0.25, 0.3) is 0 Å². The Morgan fingerprint density at radius 1 is 1.43 bits per heavy atom. The maximum absolute atomic E-state index is 13.1. The molecule has 0 spiro atoms. The molecule has 0 saturated carbocycles. The van der Waals surface area contributed by atoms with Crippen LogP contribution < -0.4 is 15.2 Å². The van der Waals surface area contributed by atoms with E-state index in [0.717, 1.165) is 14.0 Å². The zero-order chi connectivity index (χ0) is 33.3. The Bertz CT molecular complexity index is 1250. The van der Waals surface area contributed by atoms with E-state index >= 15 is 0 Å². The van der Waals surface area contributed by atoms with Crippen molar-refractivity contribution in [3.8, 4) is 11.5 Å². The molecule has 5 atom stereocenters. The Hall–Kier alpha value is -1.79. The molecular formula is C24H38N2O4. The van der Waals surface area contributed by atoms with Crippen LogP contribution in [0, 0.1) is 17.7 Å². The Morgan fingerprint density at radius 3 is 2.87 bits per heavy atom. The topological polar surface area (TPSA) is 74.0 Å². The SMILES string of the molecule is [2H]c1c2c(c([2H])c(OC)c1OC([2H])([2H])[2H])C1([2H])CC([2H])(OC(=O)[C@@H](N)C(C)C)C(C([2H])([2H])C([2H])(C)C([2H])([2H])[2H])CN1CC2. The zero-order valence-corrected chi connectivity index (χ0v) is 17.7. The molecule has 168 valence electrons. The summed E-state index contributed by atoms with van der Waals surface area (Å²) in [5.74, 6) is -7.06. The zero-order valence-electron chi connectivity index (χ0n) is 30.7. The van der Waals surface area contributed by atoms with Crippen LogP contribution in [0.5, 0.6) is 11.5 Å². The lowest BCUT2D eigenvalue weighted by Gasteiger charge is -2.47. The third kappa shape index (κ3) is 4.75. The summed E-state index contributed by atoms with van der Waals surface area (Å²) in [7, 11) is -1.86. The minimum absolute atomic E-state index is 0.0157. The van der Waals surface area contributed by atoms with E-state index in [1.807, 2.05) is 0 Å². The fraction of sp³-hybridized carbons (Fsp3) is 0.708. The molecule has 2 aliphatic heterocycles. The van der Waals surface area contributed by atoms with E-state index in [1.54, 1.807) is 13.8 Å². The number of methoxy groups -OCH3 is 2. The summed E-state index contributed by atoms with van der Waals surface area (Å²) in [5, 5.41) is 0. The first kappa shape index (κ1) is 11.2. The molecule has 1 aromatic carbocycles. The average Bonchev–Trinajstić information content (AvgIpc) is 2.83. The lowest BCUT2D eigenvalue weighted by molar-refractivity contribution is -0.160. The number of carbonyl (C=O) groups excluding carboxylic acids is 1. The maximum Gasteiger partial charge on any atom is 0.323 e. The minimum atomic E-state index is -3.15. The molecule has 30 heavy (non-hydrogen) atoms. The van der Waals surface area contributed by atoms with Gasteiger partial charge in [0, 0.05) is 39.7 Å². The van der Waals surface area contributed by atoms with Crippen LogP contribution in [0.15, 0.2) is 12.1 Å². The highest BCUT2D eigenvalue weighted by molar-refractivity contribution is 5.76. The second-order valence-corrected chi connectivity index (χ2v) is 7.87. The number of esters is 1. The Kier molecular flexibility index (Phi) is 3.57. The van der Waals surface area contributed by atoms with Gasteiger partial charge in [-0.05, 0) is 47.8 Å². The highest BCUT2D eigenvalue weighted by Gasteiger charge is 2.41. The molecule has 6 nitrogen and oxygen atoms in total. The summed E-state index contributed by atoms with van der Waals surface area (Å²) in [5.41, 5.74) is 5.89. The number of carbonyl (C=O) groups is 1. The van der Waals surface area contributed by atoms with Crippen LogP contribution in [-0.4, -0.2) is 50.2 Å². The van der Waals surface area contributed by atoms with Crippen LogP contribution in [0.1, 0.15) is 75.4 Å². The number of fused-ring (bicyclic) bond motifs is 3. The third-order valence-electron chi connectivity index (χ3n) is 5.37. The van der Waals surface area contributed by atoms with E-state index in [-0.39, 0.29) is 24.1 Å². The second-order valence-electron chi connectivity index (χ2n) is 7.87. The number of rotatable bonds is 7. The fourth-order valence-electron chi connectivity index (χ4n) is 3.67. The summed E-state index contributed by atoms with van der Waals surface area (Å²) >= 11 is 0.